The van der Waals surface area contributed by atoms with Crippen molar-refractivity contribution in [3.8, 4) is 0 Å². The maximum atomic E-state index is 13.3. The molecule has 8 heteroatoms. The van der Waals surface area contributed by atoms with Crippen LogP contribution >= 0.6 is 0 Å². The van der Waals surface area contributed by atoms with Crippen LogP contribution in [0, 0.1) is 0 Å². The number of hydrogen-bond acceptors (Lipinski definition) is 2. The topological polar surface area (TPSA) is 12.5 Å². The molecule has 0 spiro atoms. The third kappa shape index (κ3) is 10.8. The van der Waals surface area contributed by atoms with Gasteiger partial charge < -0.3 is 9.64 Å². The molecule has 0 atom stereocenters. The van der Waals surface area contributed by atoms with Crippen LogP contribution in [0.3, 0.4) is 0 Å². The molecule has 0 aliphatic carbocycles. The summed E-state index contributed by atoms with van der Waals surface area (Å²) in [5.41, 5.74) is 0. The van der Waals surface area contributed by atoms with Crippen molar-refractivity contribution in [2.24, 2.45) is 0 Å². The summed E-state index contributed by atoms with van der Waals surface area (Å²) in [5.74, 6) is -11.7. The Kier molecular flexibility index (Phi) is 8.02. The van der Waals surface area contributed by atoms with Crippen molar-refractivity contribution < 1.29 is 31.1 Å². The molecule has 0 aromatic rings. The van der Waals surface area contributed by atoms with E-state index in [1.165, 1.54) is 0 Å². The van der Waals surface area contributed by atoms with E-state index in [1.54, 1.807) is 0 Å². The fraction of sp³-hybridized carbons (Fsp3) is 1.00. The highest BCUT2D eigenvalue weighted by Gasteiger charge is 2.47. The molecule has 128 valence electrons. The summed E-state index contributed by atoms with van der Waals surface area (Å²) in [7, 11) is 0. The number of rotatable bonds is 11. The number of nitrogens with zero attached hydrogens (tertiary/aromatic N) is 1. The van der Waals surface area contributed by atoms with Crippen molar-refractivity contribution in [3.05, 3.63) is 0 Å². The van der Waals surface area contributed by atoms with Crippen molar-refractivity contribution in [1.82, 2.24) is 4.90 Å². The zero-order chi connectivity index (χ0) is 16.7. The average Bonchev–Trinajstić information content (AvgIpc) is 2.24. The van der Waals surface area contributed by atoms with E-state index in [0.29, 0.717) is 6.54 Å². The van der Waals surface area contributed by atoms with E-state index in [9.17, 15) is 26.3 Å². The van der Waals surface area contributed by atoms with Gasteiger partial charge in [-0.05, 0) is 20.0 Å². The summed E-state index contributed by atoms with van der Waals surface area (Å²) < 4.78 is 82.6. The first kappa shape index (κ1) is 20.5. The van der Waals surface area contributed by atoms with Gasteiger partial charge in [0.1, 0.15) is 6.61 Å². The normalized spacial score (nSPS) is 14.0. The Labute approximate surface area is 121 Å². The fourth-order valence-electron chi connectivity index (χ4n) is 1.90. The molecule has 0 bridgehead atoms. The Hall–Kier alpha value is -0.500. The Morgan fingerprint density at radius 1 is 0.857 bits per heavy atom. The maximum Gasteiger partial charge on any atom is 0.276 e. The SMILES string of the molecule is CCN(CC)CCOCC(F)(F)CC(F)(F)CC(C)(F)F. The van der Waals surface area contributed by atoms with Crippen LogP contribution in [0.4, 0.5) is 26.3 Å². The van der Waals surface area contributed by atoms with Gasteiger partial charge in [0.25, 0.3) is 17.8 Å². The molecule has 2 nitrogen and oxygen atoms in total. The number of ether oxygens (including phenoxy) is 1. The fourth-order valence-corrected chi connectivity index (χ4v) is 1.90. The van der Waals surface area contributed by atoms with Crippen LogP contribution in [0.2, 0.25) is 0 Å². The lowest BCUT2D eigenvalue weighted by atomic mass is 10.0. The molecule has 0 N–H and O–H groups in total. The summed E-state index contributed by atoms with van der Waals surface area (Å²) in [6.07, 6.45) is -3.83. The molecule has 0 radical (unpaired) electrons. The first-order chi connectivity index (χ1) is 9.41. The van der Waals surface area contributed by atoms with Crippen molar-refractivity contribution in [2.45, 2.75) is 51.4 Å². The van der Waals surface area contributed by atoms with Crippen molar-refractivity contribution >= 4 is 0 Å². The maximum absolute atomic E-state index is 13.3. The largest absolute Gasteiger partial charge is 0.374 e. The Morgan fingerprint density at radius 3 is 1.81 bits per heavy atom. The van der Waals surface area contributed by atoms with Gasteiger partial charge in [-0.2, -0.15) is 0 Å². The van der Waals surface area contributed by atoms with E-state index >= 15 is 0 Å². The van der Waals surface area contributed by atoms with E-state index in [2.05, 4.69) is 0 Å². The molecule has 0 fully saturated rings. The van der Waals surface area contributed by atoms with Gasteiger partial charge in [-0.25, -0.2) is 26.3 Å². The zero-order valence-electron chi connectivity index (χ0n) is 12.6. The number of likely N-dealkylation sites (N-methyl/N-ethyl adjacent to an activating group) is 1. The molecule has 21 heavy (non-hydrogen) atoms. The highest BCUT2D eigenvalue weighted by Crippen LogP contribution is 2.38. The van der Waals surface area contributed by atoms with E-state index < -0.39 is 37.2 Å². The summed E-state index contributed by atoms with van der Waals surface area (Å²) in [5, 5.41) is 0. The molecule has 0 aliphatic rings. The lowest BCUT2D eigenvalue weighted by Crippen LogP contribution is -2.37. The van der Waals surface area contributed by atoms with Gasteiger partial charge in [-0.3, -0.25) is 0 Å². The first-order valence-electron chi connectivity index (χ1n) is 6.84. The van der Waals surface area contributed by atoms with E-state index in [-0.39, 0.29) is 13.5 Å². The Bertz CT molecular complexity index is 289. The summed E-state index contributed by atoms with van der Waals surface area (Å²) in [6.45, 7) is 4.70. The molecule has 0 aromatic heterocycles. The van der Waals surface area contributed by atoms with Crippen molar-refractivity contribution in [2.75, 3.05) is 32.8 Å². The van der Waals surface area contributed by atoms with Crippen molar-refractivity contribution in [3.63, 3.8) is 0 Å². The minimum atomic E-state index is -4.13. The van der Waals surface area contributed by atoms with Crippen LogP contribution in [0.1, 0.15) is 33.6 Å². The molecule has 0 heterocycles. The predicted octanol–water partition coefficient (Wildman–Crippen LogP) is 4.05. The predicted molar refractivity (Wildman–Crippen MR) is 68.4 cm³/mol. The third-order valence-electron chi connectivity index (χ3n) is 2.85. The Morgan fingerprint density at radius 2 is 1.38 bits per heavy atom. The molecule has 0 unspecified atom stereocenters. The zero-order valence-corrected chi connectivity index (χ0v) is 12.6. The van der Waals surface area contributed by atoms with Crippen LogP contribution < -0.4 is 0 Å². The number of halogens is 6. The van der Waals surface area contributed by atoms with E-state index in [0.717, 1.165) is 13.1 Å². The second kappa shape index (κ2) is 8.22. The average molecular weight is 323 g/mol. The van der Waals surface area contributed by atoms with E-state index in [4.69, 9.17) is 4.74 Å². The second-order valence-electron chi connectivity index (χ2n) is 5.22. The minimum Gasteiger partial charge on any atom is -0.374 e. The van der Waals surface area contributed by atoms with Gasteiger partial charge in [0, 0.05) is 6.54 Å². The number of hydrogen-bond donors (Lipinski definition) is 0. The highest BCUT2D eigenvalue weighted by atomic mass is 19.3. The number of alkyl halides is 6. The van der Waals surface area contributed by atoms with E-state index in [1.807, 2.05) is 18.7 Å². The lowest BCUT2D eigenvalue weighted by Gasteiger charge is -2.25. The smallest absolute Gasteiger partial charge is 0.276 e. The van der Waals surface area contributed by atoms with Gasteiger partial charge in [0.2, 0.25) is 0 Å². The Balaban J connectivity index is 4.19. The third-order valence-corrected chi connectivity index (χ3v) is 2.85. The van der Waals surface area contributed by atoms with Crippen LogP contribution in [-0.4, -0.2) is 55.5 Å². The van der Waals surface area contributed by atoms with Crippen LogP contribution in [0.15, 0.2) is 0 Å². The molecule has 0 rings (SSSR count). The minimum absolute atomic E-state index is 0.0211. The molecular weight excluding hydrogens is 300 g/mol. The van der Waals surface area contributed by atoms with Gasteiger partial charge in [-0.15, -0.1) is 0 Å². The van der Waals surface area contributed by atoms with Gasteiger partial charge in [0.15, 0.2) is 0 Å². The summed E-state index contributed by atoms with van der Waals surface area (Å²) in [4.78, 5) is 1.92. The van der Waals surface area contributed by atoms with Crippen molar-refractivity contribution in [1.29, 1.82) is 0 Å². The van der Waals surface area contributed by atoms with Crippen LogP contribution in [0.25, 0.3) is 0 Å². The monoisotopic (exact) mass is 323 g/mol. The first-order valence-corrected chi connectivity index (χ1v) is 6.84. The molecular formula is C13H23F6NO. The molecule has 0 aromatic carbocycles. The van der Waals surface area contributed by atoms with Gasteiger partial charge in [-0.1, -0.05) is 13.8 Å². The van der Waals surface area contributed by atoms with Gasteiger partial charge >= 0.3 is 0 Å². The van der Waals surface area contributed by atoms with Crippen LogP contribution in [-0.2, 0) is 4.74 Å². The highest BCUT2D eigenvalue weighted by molar-refractivity contribution is 4.81. The molecule has 0 saturated heterocycles. The molecule has 0 saturated carbocycles. The second-order valence-corrected chi connectivity index (χ2v) is 5.22. The quantitative estimate of drug-likeness (QED) is 0.420. The summed E-state index contributed by atoms with van der Waals surface area (Å²) >= 11 is 0. The lowest BCUT2D eigenvalue weighted by molar-refractivity contribution is -0.169. The van der Waals surface area contributed by atoms with Gasteiger partial charge in [0.05, 0.1) is 19.4 Å². The summed E-state index contributed by atoms with van der Waals surface area (Å²) in [6, 6.07) is 0. The van der Waals surface area contributed by atoms with Crippen LogP contribution in [0.5, 0.6) is 0 Å². The molecule has 0 amide bonds. The standard InChI is InChI=1S/C13H23F6NO/c1-4-20(5-2)6-7-21-10-13(18,19)9-12(16,17)8-11(3,14)15/h4-10H2,1-3H3. The molecule has 0 aliphatic heterocycles.